The Balaban J connectivity index is 2.01. The average molecular weight is 420 g/mol. The Bertz CT molecular complexity index is 1100. The zero-order valence-electron chi connectivity index (χ0n) is 15.6. The Morgan fingerprint density at radius 3 is 2.61 bits per heavy atom. The first-order valence-corrected chi connectivity index (χ1v) is 9.56. The molecule has 0 saturated carbocycles. The van der Waals surface area contributed by atoms with Crippen molar-refractivity contribution in [3.63, 3.8) is 0 Å². The van der Waals surface area contributed by atoms with Crippen LogP contribution in [0.3, 0.4) is 0 Å². The fourth-order valence-electron chi connectivity index (χ4n) is 2.79. The van der Waals surface area contributed by atoms with Gasteiger partial charge in [-0.3, -0.25) is 14.4 Å². The van der Waals surface area contributed by atoms with E-state index in [-0.39, 0.29) is 24.6 Å². The molecule has 3 aromatic rings. The summed E-state index contributed by atoms with van der Waals surface area (Å²) in [6, 6.07) is 7.01. The molecule has 0 fully saturated rings. The molecule has 0 aliphatic heterocycles. The highest BCUT2D eigenvalue weighted by atomic mass is 35.5. The van der Waals surface area contributed by atoms with Gasteiger partial charge < -0.3 is 14.2 Å². The predicted octanol–water partition coefficient (Wildman–Crippen LogP) is 2.77. The number of rotatable bonds is 5. The van der Waals surface area contributed by atoms with E-state index in [1.54, 1.807) is 38.2 Å². The minimum atomic E-state index is -0.532. The van der Waals surface area contributed by atoms with E-state index in [9.17, 15) is 14.4 Å². The molecule has 7 nitrogen and oxygen atoms in total. The number of carbonyl (C=O) groups is 2. The SMILES string of the molecule is COC(=O)CN(Cc1ccc(Cl)cc1)C(=O)c1sc2ncn(C)c(=O)c2c1C. The van der Waals surface area contributed by atoms with Crippen LogP contribution in [0.25, 0.3) is 10.2 Å². The van der Waals surface area contributed by atoms with E-state index in [2.05, 4.69) is 4.98 Å². The predicted molar refractivity (Wildman–Crippen MR) is 108 cm³/mol. The van der Waals surface area contributed by atoms with Gasteiger partial charge in [0.25, 0.3) is 11.5 Å². The zero-order chi connectivity index (χ0) is 20.4. The van der Waals surface area contributed by atoms with Crippen LogP contribution in [-0.4, -0.2) is 40.0 Å². The lowest BCUT2D eigenvalue weighted by molar-refractivity contribution is -0.141. The maximum absolute atomic E-state index is 13.2. The fraction of sp³-hybridized carbons (Fsp3) is 0.263. The molecule has 0 unspecified atom stereocenters. The Hall–Kier alpha value is -2.71. The van der Waals surface area contributed by atoms with Crippen molar-refractivity contribution in [2.75, 3.05) is 13.7 Å². The second-order valence-corrected chi connectivity index (χ2v) is 7.70. The Labute approximate surface area is 170 Å². The third-order valence-corrected chi connectivity index (χ3v) is 5.77. The van der Waals surface area contributed by atoms with Crippen LogP contribution in [0.5, 0.6) is 0 Å². The van der Waals surface area contributed by atoms with E-state index in [1.165, 1.54) is 22.9 Å². The number of methoxy groups -OCH3 is 1. The summed E-state index contributed by atoms with van der Waals surface area (Å²) < 4.78 is 6.10. The van der Waals surface area contributed by atoms with Crippen LogP contribution in [0.4, 0.5) is 0 Å². The molecule has 1 aromatic carbocycles. The summed E-state index contributed by atoms with van der Waals surface area (Å²) in [6.45, 7) is 1.70. The summed E-state index contributed by atoms with van der Waals surface area (Å²) in [5.74, 6) is -0.891. The second kappa shape index (κ2) is 8.12. The number of esters is 1. The van der Waals surface area contributed by atoms with Gasteiger partial charge in [0.1, 0.15) is 11.4 Å². The van der Waals surface area contributed by atoms with E-state index in [0.717, 1.165) is 16.9 Å². The maximum atomic E-state index is 13.2. The van der Waals surface area contributed by atoms with E-state index in [0.29, 0.717) is 25.7 Å². The summed E-state index contributed by atoms with van der Waals surface area (Å²) in [4.78, 5) is 44.0. The number of carbonyl (C=O) groups excluding carboxylic acids is 2. The van der Waals surface area contributed by atoms with Gasteiger partial charge in [-0.25, -0.2) is 4.98 Å². The molecule has 0 spiro atoms. The Kier molecular flexibility index (Phi) is 5.81. The van der Waals surface area contributed by atoms with E-state index < -0.39 is 5.97 Å². The minimum Gasteiger partial charge on any atom is -0.468 e. The number of aryl methyl sites for hydroxylation is 2. The smallest absolute Gasteiger partial charge is 0.325 e. The van der Waals surface area contributed by atoms with Crippen molar-refractivity contribution in [1.29, 1.82) is 0 Å². The summed E-state index contributed by atoms with van der Waals surface area (Å²) in [6.07, 6.45) is 1.43. The van der Waals surface area contributed by atoms with Crippen molar-refractivity contribution >= 4 is 45.0 Å². The van der Waals surface area contributed by atoms with Crippen molar-refractivity contribution in [3.05, 3.63) is 62.0 Å². The van der Waals surface area contributed by atoms with Gasteiger partial charge in [-0.05, 0) is 30.2 Å². The van der Waals surface area contributed by atoms with Crippen molar-refractivity contribution in [2.45, 2.75) is 13.5 Å². The van der Waals surface area contributed by atoms with Gasteiger partial charge in [0, 0.05) is 18.6 Å². The van der Waals surface area contributed by atoms with Gasteiger partial charge in [0.15, 0.2) is 0 Å². The summed E-state index contributed by atoms with van der Waals surface area (Å²) in [7, 11) is 2.88. The number of aromatic nitrogens is 2. The summed E-state index contributed by atoms with van der Waals surface area (Å²) in [5.41, 5.74) is 1.16. The average Bonchev–Trinajstić information content (AvgIpc) is 3.02. The van der Waals surface area contributed by atoms with Gasteiger partial charge in [-0.1, -0.05) is 23.7 Å². The number of fused-ring (bicyclic) bond motifs is 1. The molecule has 0 radical (unpaired) electrons. The normalized spacial score (nSPS) is 10.9. The molecule has 146 valence electrons. The van der Waals surface area contributed by atoms with Gasteiger partial charge in [-0.15, -0.1) is 11.3 Å². The van der Waals surface area contributed by atoms with Crippen LogP contribution in [-0.2, 0) is 23.1 Å². The molecule has 0 aliphatic rings. The van der Waals surface area contributed by atoms with Gasteiger partial charge in [-0.2, -0.15) is 0 Å². The molecule has 0 N–H and O–H groups in total. The van der Waals surface area contributed by atoms with Crippen LogP contribution in [0.2, 0.25) is 5.02 Å². The first kappa shape index (κ1) is 20.0. The molecule has 28 heavy (non-hydrogen) atoms. The number of ether oxygens (including phenoxy) is 1. The molecular weight excluding hydrogens is 402 g/mol. The molecular formula is C19H18ClN3O4S. The standard InChI is InChI=1S/C19H18ClN3O4S/c1-11-15-17(21-10-22(2)18(15)25)28-16(11)19(26)23(9-14(24)27-3)8-12-4-6-13(20)7-5-12/h4-7,10H,8-9H2,1-3H3. The summed E-state index contributed by atoms with van der Waals surface area (Å²) >= 11 is 7.06. The first-order chi connectivity index (χ1) is 13.3. The van der Waals surface area contributed by atoms with Crippen molar-refractivity contribution in [2.24, 2.45) is 7.05 Å². The van der Waals surface area contributed by atoms with E-state index in [1.807, 2.05) is 0 Å². The lowest BCUT2D eigenvalue weighted by Crippen LogP contribution is -2.35. The van der Waals surface area contributed by atoms with Gasteiger partial charge in [0.2, 0.25) is 0 Å². The third kappa shape index (κ3) is 3.93. The number of halogens is 1. The van der Waals surface area contributed by atoms with Crippen LogP contribution >= 0.6 is 22.9 Å². The molecule has 0 saturated heterocycles. The minimum absolute atomic E-state index is 0.199. The number of hydrogen-bond acceptors (Lipinski definition) is 6. The number of benzene rings is 1. The largest absolute Gasteiger partial charge is 0.468 e. The number of nitrogens with zero attached hydrogens (tertiary/aromatic N) is 3. The number of amides is 1. The van der Waals surface area contributed by atoms with E-state index >= 15 is 0 Å². The highest BCUT2D eigenvalue weighted by Gasteiger charge is 2.25. The van der Waals surface area contributed by atoms with Crippen molar-refractivity contribution in [1.82, 2.24) is 14.5 Å². The second-order valence-electron chi connectivity index (χ2n) is 6.26. The highest BCUT2D eigenvalue weighted by Crippen LogP contribution is 2.28. The topological polar surface area (TPSA) is 81.5 Å². The Morgan fingerprint density at radius 1 is 1.29 bits per heavy atom. The molecule has 1 amide bonds. The number of hydrogen-bond donors (Lipinski definition) is 0. The maximum Gasteiger partial charge on any atom is 0.325 e. The van der Waals surface area contributed by atoms with Crippen LogP contribution in [0.15, 0.2) is 35.4 Å². The first-order valence-electron chi connectivity index (χ1n) is 8.37. The van der Waals surface area contributed by atoms with Gasteiger partial charge in [0.05, 0.1) is 23.7 Å². The molecule has 2 aromatic heterocycles. The molecule has 9 heteroatoms. The monoisotopic (exact) mass is 419 g/mol. The van der Waals surface area contributed by atoms with Crippen LogP contribution in [0.1, 0.15) is 20.8 Å². The third-order valence-electron chi connectivity index (χ3n) is 4.33. The van der Waals surface area contributed by atoms with Gasteiger partial charge >= 0.3 is 5.97 Å². The Morgan fingerprint density at radius 2 is 1.96 bits per heavy atom. The van der Waals surface area contributed by atoms with Crippen molar-refractivity contribution < 1.29 is 14.3 Å². The quantitative estimate of drug-likeness (QED) is 0.594. The molecule has 2 heterocycles. The van der Waals surface area contributed by atoms with E-state index in [4.69, 9.17) is 16.3 Å². The molecule has 3 rings (SSSR count). The molecule has 0 bridgehead atoms. The molecule has 0 aliphatic carbocycles. The fourth-order valence-corrected chi connectivity index (χ4v) is 4.02. The number of thiophene rings is 1. The van der Waals surface area contributed by atoms with Crippen LogP contribution in [0, 0.1) is 6.92 Å². The van der Waals surface area contributed by atoms with Crippen molar-refractivity contribution in [3.8, 4) is 0 Å². The highest BCUT2D eigenvalue weighted by molar-refractivity contribution is 7.20. The summed E-state index contributed by atoms with van der Waals surface area (Å²) in [5, 5.41) is 1.000. The molecule has 0 atom stereocenters. The lowest BCUT2D eigenvalue weighted by Gasteiger charge is -2.21. The lowest BCUT2D eigenvalue weighted by atomic mass is 10.1. The zero-order valence-corrected chi connectivity index (χ0v) is 17.1. The van der Waals surface area contributed by atoms with Crippen LogP contribution < -0.4 is 5.56 Å².